The Balaban J connectivity index is 1.73. The molecule has 2 N–H and O–H groups in total. The molecule has 0 bridgehead atoms. The van der Waals surface area contributed by atoms with E-state index in [0.29, 0.717) is 6.04 Å². The van der Waals surface area contributed by atoms with E-state index in [-0.39, 0.29) is 0 Å². The van der Waals surface area contributed by atoms with Crippen LogP contribution in [-0.4, -0.2) is 37.2 Å². The highest BCUT2D eigenvalue weighted by Gasteiger charge is 2.15. The first kappa shape index (κ1) is 14.4. The standard InChI is InChI=1S/C16H26N2O/c1-2-13-19-16-5-3-14(4-6-16)7-10-18-11-8-15(17)9-12-18/h3-6,15H,2,7-13,17H2,1H3. The first-order chi connectivity index (χ1) is 9.28. The van der Waals surface area contributed by atoms with E-state index in [0.717, 1.165) is 57.7 Å². The van der Waals surface area contributed by atoms with E-state index in [1.807, 2.05) is 0 Å². The summed E-state index contributed by atoms with van der Waals surface area (Å²) in [6.45, 7) is 6.37. The normalized spacial score (nSPS) is 17.6. The van der Waals surface area contributed by atoms with Gasteiger partial charge in [-0.25, -0.2) is 0 Å². The Morgan fingerprint density at radius 2 is 1.89 bits per heavy atom. The van der Waals surface area contributed by atoms with Crippen molar-refractivity contribution in [3.63, 3.8) is 0 Å². The molecule has 0 aromatic heterocycles. The fourth-order valence-corrected chi connectivity index (χ4v) is 2.44. The van der Waals surface area contributed by atoms with Crippen LogP contribution in [0.4, 0.5) is 0 Å². The minimum Gasteiger partial charge on any atom is -0.494 e. The molecular weight excluding hydrogens is 236 g/mol. The van der Waals surface area contributed by atoms with Gasteiger partial charge in [-0.3, -0.25) is 0 Å². The molecule has 0 spiro atoms. The number of hydrogen-bond acceptors (Lipinski definition) is 3. The van der Waals surface area contributed by atoms with Gasteiger partial charge >= 0.3 is 0 Å². The quantitative estimate of drug-likeness (QED) is 0.856. The fourth-order valence-electron chi connectivity index (χ4n) is 2.44. The zero-order valence-electron chi connectivity index (χ0n) is 12.0. The van der Waals surface area contributed by atoms with E-state index in [1.165, 1.54) is 5.56 Å². The molecule has 106 valence electrons. The number of hydrogen-bond donors (Lipinski definition) is 1. The third-order valence-electron chi connectivity index (χ3n) is 3.75. The Kier molecular flexibility index (Phi) is 5.67. The third kappa shape index (κ3) is 4.84. The molecule has 1 fully saturated rings. The molecule has 3 heteroatoms. The Morgan fingerprint density at radius 3 is 2.53 bits per heavy atom. The summed E-state index contributed by atoms with van der Waals surface area (Å²) in [5.74, 6) is 0.981. The lowest BCUT2D eigenvalue weighted by Gasteiger charge is -2.29. The zero-order valence-corrected chi connectivity index (χ0v) is 12.0. The van der Waals surface area contributed by atoms with Crippen LogP contribution in [-0.2, 0) is 6.42 Å². The van der Waals surface area contributed by atoms with Crippen molar-refractivity contribution in [3.05, 3.63) is 29.8 Å². The summed E-state index contributed by atoms with van der Waals surface area (Å²) < 4.78 is 5.59. The molecule has 1 aliphatic rings. The van der Waals surface area contributed by atoms with Crippen molar-refractivity contribution >= 4 is 0 Å². The molecule has 0 amide bonds. The van der Waals surface area contributed by atoms with Gasteiger partial charge in [0, 0.05) is 12.6 Å². The van der Waals surface area contributed by atoms with E-state index >= 15 is 0 Å². The predicted molar refractivity (Wildman–Crippen MR) is 79.6 cm³/mol. The van der Waals surface area contributed by atoms with Gasteiger partial charge in [0.05, 0.1) is 6.61 Å². The van der Waals surface area contributed by atoms with Gasteiger partial charge in [0.15, 0.2) is 0 Å². The topological polar surface area (TPSA) is 38.5 Å². The lowest BCUT2D eigenvalue weighted by Crippen LogP contribution is -2.40. The molecule has 0 unspecified atom stereocenters. The monoisotopic (exact) mass is 262 g/mol. The highest BCUT2D eigenvalue weighted by atomic mass is 16.5. The smallest absolute Gasteiger partial charge is 0.119 e. The van der Waals surface area contributed by atoms with E-state index < -0.39 is 0 Å². The average Bonchev–Trinajstić information content (AvgIpc) is 2.46. The van der Waals surface area contributed by atoms with Crippen molar-refractivity contribution in [2.45, 2.75) is 38.6 Å². The maximum Gasteiger partial charge on any atom is 0.119 e. The number of ether oxygens (including phenoxy) is 1. The second-order valence-corrected chi connectivity index (χ2v) is 5.42. The lowest BCUT2D eigenvalue weighted by atomic mass is 10.1. The summed E-state index contributed by atoms with van der Waals surface area (Å²) in [4.78, 5) is 2.52. The Bertz CT molecular complexity index is 356. The second kappa shape index (κ2) is 7.51. The minimum atomic E-state index is 0.422. The molecule has 0 radical (unpaired) electrons. The van der Waals surface area contributed by atoms with Crippen LogP contribution in [0.2, 0.25) is 0 Å². The maximum absolute atomic E-state index is 5.92. The third-order valence-corrected chi connectivity index (χ3v) is 3.75. The molecule has 2 rings (SSSR count). The van der Waals surface area contributed by atoms with Crippen LogP contribution in [0, 0.1) is 0 Å². The fraction of sp³-hybridized carbons (Fsp3) is 0.625. The van der Waals surface area contributed by atoms with Crippen molar-refractivity contribution in [2.24, 2.45) is 5.73 Å². The summed E-state index contributed by atoms with van der Waals surface area (Å²) in [5, 5.41) is 0. The highest BCUT2D eigenvalue weighted by molar-refractivity contribution is 5.27. The van der Waals surface area contributed by atoms with Crippen LogP contribution < -0.4 is 10.5 Å². The highest BCUT2D eigenvalue weighted by Crippen LogP contribution is 2.14. The maximum atomic E-state index is 5.92. The summed E-state index contributed by atoms with van der Waals surface area (Å²) in [6, 6.07) is 8.95. The van der Waals surface area contributed by atoms with Crippen LogP contribution in [0.3, 0.4) is 0 Å². The van der Waals surface area contributed by atoms with E-state index in [4.69, 9.17) is 10.5 Å². The minimum absolute atomic E-state index is 0.422. The van der Waals surface area contributed by atoms with Gasteiger partial charge < -0.3 is 15.4 Å². The number of benzene rings is 1. The van der Waals surface area contributed by atoms with Crippen LogP contribution in [0.5, 0.6) is 5.75 Å². The first-order valence-electron chi connectivity index (χ1n) is 7.47. The van der Waals surface area contributed by atoms with Crippen molar-refractivity contribution in [1.82, 2.24) is 4.90 Å². The number of rotatable bonds is 6. The SMILES string of the molecule is CCCOc1ccc(CCN2CCC(N)CC2)cc1. The Morgan fingerprint density at radius 1 is 1.21 bits per heavy atom. The van der Waals surface area contributed by atoms with Crippen molar-refractivity contribution in [3.8, 4) is 5.75 Å². The molecular formula is C16H26N2O. The summed E-state index contributed by atoms with van der Waals surface area (Å²) >= 11 is 0. The predicted octanol–water partition coefficient (Wildman–Crippen LogP) is 2.44. The Hall–Kier alpha value is -1.06. The van der Waals surface area contributed by atoms with Crippen molar-refractivity contribution < 1.29 is 4.74 Å². The molecule has 1 heterocycles. The lowest BCUT2D eigenvalue weighted by molar-refractivity contribution is 0.215. The van der Waals surface area contributed by atoms with Crippen LogP contribution in [0.1, 0.15) is 31.7 Å². The van der Waals surface area contributed by atoms with Gasteiger partial charge in [-0.2, -0.15) is 0 Å². The Labute approximate surface area is 116 Å². The van der Waals surface area contributed by atoms with E-state index in [2.05, 4.69) is 36.1 Å². The molecule has 0 aliphatic carbocycles. The molecule has 19 heavy (non-hydrogen) atoms. The van der Waals surface area contributed by atoms with Crippen molar-refractivity contribution in [1.29, 1.82) is 0 Å². The number of piperidine rings is 1. The van der Waals surface area contributed by atoms with E-state index in [9.17, 15) is 0 Å². The molecule has 0 atom stereocenters. The molecule has 1 saturated heterocycles. The first-order valence-corrected chi connectivity index (χ1v) is 7.47. The zero-order chi connectivity index (χ0) is 13.5. The largest absolute Gasteiger partial charge is 0.494 e. The summed E-state index contributed by atoms with van der Waals surface area (Å²) in [6.07, 6.45) is 4.45. The summed E-state index contributed by atoms with van der Waals surface area (Å²) in [5.41, 5.74) is 7.31. The van der Waals surface area contributed by atoms with Crippen LogP contribution in [0.15, 0.2) is 24.3 Å². The molecule has 0 saturated carbocycles. The number of likely N-dealkylation sites (tertiary alicyclic amines) is 1. The second-order valence-electron chi connectivity index (χ2n) is 5.42. The van der Waals surface area contributed by atoms with E-state index in [1.54, 1.807) is 0 Å². The van der Waals surface area contributed by atoms with Gasteiger partial charge in [-0.1, -0.05) is 19.1 Å². The molecule has 1 aliphatic heterocycles. The van der Waals surface area contributed by atoms with Gasteiger partial charge in [0.1, 0.15) is 5.75 Å². The van der Waals surface area contributed by atoms with Gasteiger partial charge in [0.2, 0.25) is 0 Å². The number of nitrogens with two attached hydrogens (primary N) is 1. The van der Waals surface area contributed by atoms with Gasteiger partial charge in [0.25, 0.3) is 0 Å². The van der Waals surface area contributed by atoms with Gasteiger partial charge in [-0.15, -0.1) is 0 Å². The van der Waals surface area contributed by atoms with Crippen molar-refractivity contribution in [2.75, 3.05) is 26.2 Å². The molecule has 1 aromatic rings. The molecule has 3 nitrogen and oxygen atoms in total. The van der Waals surface area contributed by atoms with Crippen LogP contribution >= 0.6 is 0 Å². The number of nitrogens with zero attached hydrogens (tertiary/aromatic N) is 1. The average molecular weight is 262 g/mol. The van der Waals surface area contributed by atoms with Crippen LogP contribution in [0.25, 0.3) is 0 Å². The van der Waals surface area contributed by atoms with Gasteiger partial charge in [-0.05, 0) is 56.5 Å². The molecule has 1 aromatic carbocycles. The summed E-state index contributed by atoms with van der Waals surface area (Å²) in [7, 11) is 0.